The number of benzene rings is 1. The molecule has 0 bridgehead atoms. The maximum absolute atomic E-state index is 14.7. The molecule has 28 heavy (non-hydrogen) atoms. The van der Waals surface area contributed by atoms with Crippen molar-refractivity contribution in [3.8, 4) is 0 Å². The first-order chi connectivity index (χ1) is 13.6. The Balaban J connectivity index is 1.33. The number of aryl methyl sites for hydroxylation is 1. The highest BCUT2D eigenvalue weighted by atomic mass is 19.2. The molecule has 0 radical (unpaired) electrons. The first-order valence-electron chi connectivity index (χ1n) is 11.1. The summed E-state index contributed by atoms with van der Waals surface area (Å²) in [6.07, 6.45) is 16.1. The van der Waals surface area contributed by atoms with Gasteiger partial charge in [0.25, 0.3) is 0 Å². The molecule has 0 aromatic heterocycles. The molecule has 1 saturated carbocycles. The summed E-state index contributed by atoms with van der Waals surface area (Å²) in [7, 11) is 0. The Kier molecular flexibility index (Phi) is 6.30. The van der Waals surface area contributed by atoms with E-state index in [1.807, 2.05) is 0 Å². The minimum Gasteiger partial charge on any atom is -0.373 e. The normalized spacial score (nSPS) is 30.5. The van der Waals surface area contributed by atoms with E-state index in [-0.39, 0.29) is 0 Å². The lowest BCUT2D eigenvalue weighted by molar-refractivity contribution is 0.314. The molecule has 2 unspecified atom stereocenters. The molecule has 0 spiro atoms. The summed E-state index contributed by atoms with van der Waals surface area (Å²) in [6.45, 7) is 3.18. The topological polar surface area (TPSA) is 12.5 Å². The van der Waals surface area contributed by atoms with Gasteiger partial charge in [0.15, 0.2) is 11.6 Å². The van der Waals surface area contributed by atoms with Crippen LogP contribution in [0, 0.1) is 29.4 Å². The molecule has 1 aromatic rings. The van der Waals surface area contributed by atoms with Gasteiger partial charge < -0.3 is 4.74 Å². The van der Waals surface area contributed by atoms with Gasteiger partial charge in [0.2, 0.25) is 0 Å². The molecule has 0 amide bonds. The van der Waals surface area contributed by atoms with Crippen LogP contribution in [-0.4, -0.2) is 12.7 Å². The number of hydrogen-bond acceptors (Lipinski definition) is 1. The third-order valence-corrected chi connectivity index (χ3v) is 6.89. The van der Waals surface area contributed by atoms with Gasteiger partial charge in [-0.15, -0.1) is 0 Å². The van der Waals surface area contributed by atoms with E-state index in [2.05, 4.69) is 25.2 Å². The zero-order chi connectivity index (χ0) is 19.5. The largest absolute Gasteiger partial charge is 0.373 e. The second kappa shape index (κ2) is 8.90. The first kappa shape index (κ1) is 19.8. The van der Waals surface area contributed by atoms with Crippen LogP contribution < -0.4 is 0 Å². The summed E-state index contributed by atoms with van der Waals surface area (Å²) < 4.78 is 34.7. The van der Waals surface area contributed by atoms with E-state index in [1.165, 1.54) is 25.7 Å². The molecule has 1 aromatic carbocycles. The molecule has 3 aliphatic rings. The van der Waals surface area contributed by atoms with Crippen LogP contribution in [0.2, 0.25) is 0 Å². The van der Waals surface area contributed by atoms with Crippen LogP contribution in [0.1, 0.15) is 69.4 Å². The van der Waals surface area contributed by atoms with E-state index in [4.69, 9.17) is 4.74 Å². The average Bonchev–Trinajstić information content (AvgIpc) is 3.55. The van der Waals surface area contributed by atoms with Crippen molar-refractivity contribution in [3.05, 3.63) is 53.1 Å². The summed E-state index contributed by atoms with van der Waals surface area (Å²) in [5, 5.41) is 0. The van der Waals surface area contributed by atoms with Gasteiger partial charge in [-0.25, -0.2) is 8.78 Å². The van der Waals surface area contributed by atoms with Crippen LogP contribution in [0.15, 0.2) is 30.4 Å². The van der Waals surface area contributed by atoms with Gasteiger partial charge in [-0.05, 0) is 73.8 Å². The lowest BCUT2D eigenvalue weighted by Crippen LogP contribution is -2.12. The molecular formula is C25H32F2O. The minimum atomic E-state index is -0.671. The number of allylic oxidation sites excluding steroid dienone is 4. The van der Waals surface area contributed by atoms with Crippen molar-refractivity contribution in [2.24, 2.45) is 17.8 Å². The smallest absolute Gasteiger partial charge is 0.166 e. The Morgan fingerprint density at radius 3 is 2.54 bits per heavy atom. The van der Waals surface area contributed by atoms with Crippen molar-refractivity contribution in [1.82, 2.24) is 0 Å². The van der Waals surface area contributed by atoms with E-state index < -0.39 is 11.6 Å². The molecule has 3 heteroatoms. The van der Waals surface area contributed by atoms with Crippen molar-refractivity contribution in [1.29, 1.82) is 0 Å². The van der Waals surface area contributed by atoms with Gasteiger partial charge in [-0.2, -0.15) is 0 Å². The van der Waals surface area contributed by atoms with Gasteiger partial charge in [-0.1, -0.05) is 50.1 Å². The Bertz CT molecular complexity index is 739. The lowest BCUT2D eigenvalue weighted by Gasteiger charge is -2.23. The number of epoxide rings is 1. The van der Waals surface area contributed by atoms with E-state index in [0.29, 0.717) is 35.5 Å². The van der Waals surface area contributed by atoms with E-state index >= 15 is 0 Å². The second-order valence-electron chi connectivity index (χ2n) is 9.02. The highest BCUT2D eigenvalue weighted by molar-refractivity contribution is 5.67. The minimum absolute atomic E-state index is 0.395. The average molecular weight is 387 g/mol. The Morgan fingerprint density at radius 1 is 1.07 bits per heavy atom. The first-order valence-corrected chi connectivity index (χ1v) is 11.1. The summed E-state index contributed by atoms with van der Waals surface area (Å²) in [6, 6.07) is 3.56. The molecule has 2 fully saturated rings. The maximum atomic E-state index is 14.7. The molecule has 1 saturated heterocycles. The lowest BCUT2D eigenvalue weighted by atomic mass is 9.83. The summed E-state index contributed by atoms with van der Waals surface area (Å²) in [5.74, 6) is 0.742. The quantitative estimate of drug-likeness (QED) is 0.384. The molecule has 2 aliphatic carbocycles. The Labute approximate surface area is 167 Å². The predicted molar refractivity (Wildman–Crippen MR) is 110 cm³/mol. The maximum Gasteiger partial charge on any atom is 0.166 e. The fourth-order valence-corrected chi connectivity index (χ4v) is 4.80. The SMILES string of the molecule is CC1CCC(/C=C/CCc2ccc(C3=CCC(C4CO4)CC3)c(F)c2F)CC1. The van der Waals surface area contributed by atoms with Gasteiger partial charge in [0, 0.05) is 5.56 Å². The molecular weight excluding hydrogens is 354 g/mol. The van der Waals surface area contributed by atoms with E-state index in [9.17, 15) is 8.78 Å². The molecule has 152 valence electrons. The molecule has 4 rings (SSSR count). The van der Waals surface area contributed by atoms with Crippen molar-refractivity contribution < 1.29 is 13.5 Å². The van der Waals surface area contributed by atoms with E-state index in [1.54, 1.807) is 12.1 Å². The van der Waals surface area contributed by atoms with Crippen LogP contribution in [-0.2, 0) is 11.2 Å². The van der Waals surface area contributed by atoms with Gasteiger partial charge in [-0.3, -0.25) is 0 Å². The standard InChI is InChI=1S/C25H32F2O/c1-17-6-8-18(9-7-17)4-2-3-5-21-14-15-22(25(27)24(21)26)19-10-12-20(13-11-19)23-16-28-23/h2,4,10,14-15,17-18,20,23H,3,5-9,11-13,16H2,1H3/b4-2+. The third kappa shape index (κ3) is 4.74. The summed E-state index contributed by atoms with van der Waals surface area (Å²) in [5.41, 5.74) is 1.89. The fourth-order valence-electron chi connectivity index (χ4n) is 4.80. The molecule has 1 heterocycles. The van der Waals surface area contributed by atoms with Crippen LogP contribution >= 0.6 is 0 Å². The molecule has 0 N–H and O–H groups in total. The van der Waals surface area contributed by atoms with Crippen molar-refractivity contribution in [3.63, 3.8) is 0 Å². The number of ether oxygens (including phenoxy) is 1. The van der Waals surface area contributed by atoms with Gasteiger partial charge in [0.1, 0.15) is 0 Å². The molecule has 1 nitrogen and oxygen atoms in total. The number of rotatable bonds is 6. The Hall–Kier alpha value is -1.48. The van der Waals surface area contributed by atoms with Gasteiger partial charge in [0.05, 0.1) is 12.7 Å². The van der Waals surface area contributed by atoms with Crippen LogP contribution in [0.5, 0.6) is 0 Å². The van der Waals surface area contributed by atoms with Crippen molar-refractivity contribution in [2.45, 2.75) is 70.8 Å². The van der Waals surface area contributed by atoms with Crippen LogP contribution in [0.4, 0.5) is 8.78 Å². The van der Waals surface area contributed by atoms with Crippen LogP contribution in [0.3, 0.4) is 0 Å². The summed E-state index contributed by atoms with van der Waals surface area (Å²) >= 11 is 0. The zero-order valence-corrected chi connectivity index (χ0v) is 16.9. The van der Waals surface area contributed by atoms with Crippen LogP contribution in [0.25, 0.3) is 5.57 Å². The third-order valence-electron chi connectivity index (χ3n) is 6.89. The zero-order valence-electron chi connectivity index (χ0n) is 16.9. The second-order valence-corrected chi connectivity index (χ2v) is 9.02. The number of halogens is 2. The van der Waals surface area contributed by atoms with Crippen molar-refractivity contribution >= 4 is 5.57 Å². The monoisotopic (exact) mass is 386 g/mol. The molecule has 1 aliphatic heterocycles. The summed E-state index contributed by atoms with van der Waals surface area (Å²) in [4.78, 5) is 0. The van der Waals surface area contributed by atoms with Crippen molar-refractivity contribution in [2.75, 3.05) is 6.61 Å². The fraction of sp³-hybridized carbons (Fsp3) is 0.600. The molecule has 2 atom stereocenters. The van der Waals surface area contributed by atoms with E-state index in [0.717, 1.165) is 43.8 Å². The number of hydrogen-bond donors (Lipinski definition) is 0. The highest BCUT2D eigenvalue weighted by Gasteiger charge is 2.33. The highest BCUT2D eigenvalue weighted by Crippen LogP contribution is 2.37. The Morgan fingerprint density at radius 2 is 1.86 bits per heavy atom. The van der Waals surface area contributed by atoms with Gasteiger partial charge >= 0.3 is 0 Å². The predicted octanol–water partition coefficient (Wildman–Crippen LogP) is 6.86.